The molecule has 0 radical (unpaired) electrons. The maximum Gasteiger partial charge on any atom is 0.243 e. The van der Waals surface area contributed by atoms with E-state index in [4.69, 9.17) is 10.2 Å². The summed E-state index contributed by atoms with van der Waals surface area (Å²) in [5, 5.41) is 5.10. The molecule has 8 heteroatoms. The minimum absolute atomic E-state index is 0. The number of halogens is 1. The van der Waals surface area contributed by atoms with Gasteiger partial charge in [-0.1, -0.05) is 0 Å². The Morgan fingerprint density at radius 3 is 2.77 bits per heavy atom. The minimum atomic E-state index is -0.369. The van der Waals surface area contributed by atoms with Crippen LogP contribution >= 0.6 is 12.4 Å². The summed E-state index contributed by atoms with van der Waals surface area (Å²) in [5.41, 5.74) is 7.20. The Morgan fingerprint density at radius 1 is 1.32 bits per heavy atom. The highest BCUT2D eigenvalue weighted by Gasteiger charge is 2.28. The Morgan fingerprint density at radius 2 is 2.09 bits per heavy atom. The number of rotatable bonds is 5. The number of benzene rings is 1. The SMILES string of the molecule is Cl.NCC(=O)NCC(=O)Nc1ccc2oc(C3CC3)nc2c1. The molecule has 118 valence electrons. The Bertz CT molecular complexity index is 696. The molecule has 2 aromatic rings. The molecule has 1 aliphatic carbocycles. The first-order chi connectivity index (χ1) is 10.2. The molecule has 1 aromatic heterocycles. The lowest BCUT2D eigenvalue weighted by molar-refractivity contribution is -0.123. The van der Waals surface area contributed by atoms with Crippen molar-refractivity contribution in [1.82, 2.24) is 10.3 Å². The summed E-state index contributed by atoms with van der Waals surface area (Å²) < 4.78 is 5.65. The largest absolute Gasteiger partial charge is 0.440 e. The molecule has 0 atom stereocenters. The highest BCUT2D eigenvalue weighted by Crippen LogP contribution is 2.40. The molecule has 22 heavy (non-hydrogen) atoms. The molecule has 7 nitrogen and oxygen atoms in total. The van der Waals surface area contributed by atoms with E-state index in [9.17, 15) is 9.59 Å². The van der Waals surface area contributed by atoms with Crippen molar-refractivity contribution in [3.05, 3.63) is 24.1 Å². The lowest BCUT2D eigenvalue weighted by atomic mass is 10.3. The van der Waals surface area contributed by atoms with Crippen molar-refractivity contribution in [1.29, 1.82) is 0 Å². The number of nitrogens with one attached hydrogen (secondary N) is 2. The topological polar surface area (TPSA) is 110 Å². The molecular weight excluding hydrogens is 308 g/mol. The van der Waals surface area contributed by atoms with Crippen molar-refractivity contribution in [3.8, 4) is 0 Å². The third-order valence-electron chi connectivity index (χ3n) is 3.25. The van der Waals surface area contributed by atoms with E-state index in [-0.39, 0.29) is 37.3 Å². The number of nitrogens with zero attached hydrogens (tertiary/aromatic N) is 1. The zero-order chi connectivity index (χ0) is 14.8. The molecule has 1 fully saturated rings. The fraction of sp³-hybridized carbons (Fsp3) is 0.357. The van der Waals surface area contributed by atoms with E-state index in [1.54, 1.807) is 18.2 Å². The normalized spacial score (nSPS) is 13.5. The maximum atomic E-state index is 11.7. The Balaban J connectivity index is 0.00000176. The number of hydrogen-bond donors (Lipinski definition) is 3. The van der Waals surface area contributed by atoms with Gasteiger partial charge in [0, 0.05) is 11.6 Å². The summed E-state index contributed by atoms with van der Waals surface area (Å²) in [5.74, 6) is 0.527. The minimum Gasteiger partial charge on any atom is -0.440 e. The van der Waals surface area contributed by atoms with E-state index in [1.165, 1.54) is 0 Å². The van der Waals surface area contributed by atoms with Gasteiger partial charge in [-0.05, 0) is 31.0 Å². The van der Waals surface area contributed by atoms with Crippen molar-refractivity contribution >= 4 is 41.0 Å². The number of carbonyl (C=O) groups excluding carboxylic acids is 2. The van der Waals surface area contributed by atoms with Crippen LogP contribution in [0, 0.1) is 0 Å². The van der Waals surface area contributed by atoms with E-state index in [0.717, 1.165) is 24.2 Å². The van der Waals surface area contributed by atoms with Crippen LogP contribution in [-0.4, -0.2) is 29.9 Å². The molecule has 4 N–H and O–H groups in total. The van der Waals surface area contributed by atoms with Crippen LogP contribution in [-0.2, 0) is 9.59 Å². The van der Waals surface area contributed by atoms with Gasteiger partial charge in [-0.25, -0.2) is 4.98 Å². The third-order valence-corrected chi connectivity index (χ3v) is 3.25. The first kappa shape index (κ1) is 16.3. The molecule has 1 aromatic carbocycles. The second-order valence-electron chi connectivity index (χ2n) is 5.04. The number of hydrogen-bond acceptors (Lipinski definition) is 5. The van der Waals surface area contributed by atoms with Gasteiger partial charge >= 0.3 is 0 Å². The standard InChI is InChI=1S/C14H16N4O3.ClH/c15-6-12(19)16-7-13(20)17-9-3-4-11-10(5-9)18-14(21-11)8-1-2-8;/h3-5,8H,1-2,6-7,15H2,(H,16,19)(H,17,20);1H. The van der Waals surface area contributed by atoms with Gasteiger partial charge < -0.3 is 20.8 Å². The lowest BCUT2D eigenvalue weighted by Gasteiger charge is -2.05. The highest BCUT2D eigenvalue weighted by molar-refractivity contribution is 5.96. The summed E-state index contributed by atoms with van der Waals surface area (Å²) in [6, 6.07) is 5.28. The van der Waals surface area contributed by atoms with E-state index in [0.29, 0.717) is 17.2 Å². The second-order valence-corrected chi connectivity index (χ2v) is 5.04. The number of aromatic nitrogens is 1. The number of oxazole rings is 1. The zero-order valence-corrected chi connectivity index (χ0v) is 12.6. The molecule has 1 aliphatic rings. The fourth-order valence-electron chi connectivity index (χ4n) is 1.98. The van der Waals surface area contributed by atoms with Gasteiger partial charge in [0.2, 0.25) is 11.8 Å². The van der Waals surface area contributed by atoms with Crippen LogP contribution in [0.25, 0.3) is 11.1 Å². The van der Waals surface area contributed by atoms with E-state index in [1.807, 2.05) is 0 Å². The van der Waals surface area contributed by atoms with E-state index in [2.05, 4.69) is 15.6 Å². The Labute approximate surface area is 133 Å². The molecule has 1 saturated carbocycles. The summed E-state index contributed by atoms with van der Waals surface area (Å²) in [6.07, 6.45) is 2.24. The number of nitrogens with two attached hydrogens (primary N) is 1. The molecule has 0 unspecified atom stereocenters. The van der Waals surface area contributed by atoms with Crippen LogP contribution in [0.4, 0.5) is 5.69 Å². The summed E-state index contributed by atoms with van der Waals surface area (Å²) >= 11 is 0. The van der Waals surface area contributed by atoms with Crippen molar-refractivity contribution in [2.24, 2.45) is 5.73 Å². The van der Waals surface area contributed by atoms with Gasteiger partial charge in [-0.2, -0.15) is 0 Å². The van der Waals surface area contributed by atoms with Crippen LogP contribution in [0.15, 0.2) is 22.6 Å². The number of amides is 2. The molecule has 0 spiro atoms. The smallest absolute Gasteiger partial charge is 0.243 e. The Kier molecular flexibility index (Phi) is 4.99. The molecule has 0 aliphatic heterocycles. The average molecular weight is 325 g/mol. The monoisotopic (exact) mass is 324 g/mol. The van der Waals surface area contributed by atoms with Crippen molar-refractivity contribution in [2.45, 2.75) is 18.8 Å². The predicted molar refractivity (Wildman–Crippen MR) is 83.9 cm³/mol. The van der Waals surface area contributed by atoms with Gasteiger partial charge in [0.1, 0.15) is 5.52 Å². The van der Waals surface area contributed by atoms with Crippen molar-refractivity contribution in [3.63, 3.8) is 0 Å². The molecular formula is C14H17ClN4O3. The molecule has 1 heterocycles. The summed E-state index contributed by atoms with van der Waals surface area (Å²) in [4.78, 5) is 27.1. The number of anilines is 1. The van der Waals surface area contributed by atoms with Gasteiger partial charge in [0.15, 0.2) is 11.5 Å². The average Bonchev–Trinajstić information content (AvgIpc) is 3.24. The lowest BCUT2D eigenvalue weighted by Crippen LogP contribution is -2.36. The second kappa shape index (κ2) is 6.76. The summed E-state index contributed by atoms with van der Waals surface area (Å²) in [7, 11) is 0. The zero-order valence-electron chi connectivity index (χ0n) is 11.8. The predicted octanol–water partition coefficient (Wildman–Crippen LogP) is 1.14. The van der Waals surface area contributed by atoms with Crippen LogP contribution in [0.2, 0.25) is 0 Å². The van der Waals surface area contributed by atoms with Gasteiger partial charge in [-0.15, -0.1) is 12.4 Å². The van der Waals surface area contributed by atoms with Crippen molar-refractivity contribution < 1.29 is 14.0 Å². The Hall–Kier alpha value is -2.12. The van der Waals surface area contributed by atoms with Gasteiger partial charge in [-0.3, -0.25) is 9.59 Å². The first-order valence-electron chi connectivity index (χ1n) is 6.83. The van der Waals surface area contributed by atoms with Crippen LogP contribution in [0.5, 0.6) is 0 Å². The van der Waals surface area contributed by atoms with Gasteiger partial charge in [0.05, 0.1) is 13.1 Å². The van der Waals surface area contributed by atoms with Crippen molar-refractivity contribution in [2.75, 3.05) is 18.4 Å². The van der Waals surface area contributed by atoms with Gasteiger partial charge in [0.25, 0.3) is 0 Å². The van der Waals surface area contributed by atoms with Crippen LogP contribution in [0.3, 0.4) is 0 Å². The number of carbonyl (C=O) groups is 2. The highest BCUT2D eigenvalue weighted by atomic mass is 35.5. The molecule has 3 rings (SSSR count). The van der Waals surface area contributed by atoms with Crippen LogP contribution < -0.4 is 16.4 Å². The van der Waals surface area contributed by atoms with E-state index < -0.39 is 0 Å². The molecule has 2 amide bonds. The molecule has 0 bridgehead atoms. The number of fused-ring (bicyclic) bond motifs is 1. The third kappa shape index (κ3) is 3.75. The quantitative estimate of drug-likeness (QED) is 0.764. The fourth-order valence-corrected chi connectivity index (χ4v) is 1.98. The maximum absolute atomic E-state index is 11.7. The summed E-state index contributed by atoms with van der Waals surface area (Å²) in [6.45, 7) is -0.248. The van der Waals surface area contributed by atoms with Crippen LogP contribution in [0.1, 0.15) is 24.7 Å². The molecule has 0 saturated heterocycles. The van der Waals surface area contributed by atoms with E-state index >= 15 is 0 Å². The first-order valence-corrected chi connectivity index (χ1v) is 6.83.